The predicted octanol–water partition coefficient (Wildman–Crippen LogP) is 3.39. The van der Waals surface area contributed by atoms with Gasteiger partial charge in [-0.1, -0.05) is 18.2 Å². The largest absolute Gasteiger partial charge is 0.491 e. The second kappa shape index (κ2) is 7.09. The van der Waals surface area contributed by atoms with E-state index in [1.54, 1.807) is 0 Å². The predicted molar refractivity (Wildman–Crippen MR) is 84.0 cm³/mol. The normalized spacial score (nSPS) is 24.6. The van der Waals surface area contributed by atoms with Gasteiger partial charge in [-0.25, -0.2) is 0 Å². The topological polar surface area (TPSA) is 47.3 Å². The summed E-state index contributed by atoms with van der Waals surface area (Å²) in [6.45, 7) is 6.35. The van der Waals surface area contributed by atoms with Gasteiger partial charge in [-0.15, -0.1) is 0 Å². The van der Waals surface area contributed by atoms with E-state index < -0.39 is 0 Å². The van der Waals surface area contributed by atoms with Crippen LogP contribution in [0.3, 0.4) is 0 Å². The Morgan fingerprint density at radius 3 is 2.40 bits per heavy atom. The fourth-order valence-electron chi connectivity index (χ4n) is 2.93. The highest BCUT2D eigenvalue weighted by atomic mass is 16.5. The van der Waals surface area contributed by atoms with Gasteiger partial charge in [0.05, 0.1) is 6.10 Å². The van der Waals surface area contributed by atoms with Gasteiger partial charge in [0.1, 0.15) is 5.75 Å². The Morgan fingerprint density at radius 1 is 1.10 bits per heavy atom. The zero-order valence-electron chi connectivity index (χ0n) is 12.9. The molecule has 1 atom stereocenters. The van der Waals surface area contributed by atoms with Crippen molar-refractivity contribution in [1.82, 2.24) is 5.32 Å². The third kappa shape index (κ3) is 4.22. The van der Waals surface area contributed by atoms with Gasteiger partial charge >= 0.3 is 0 Å². The van der Waals surface area contributed by atoms with Crippen LogP contribution in [0.15, 0.2) is 24.3 Å². The molecule has 0 spiro atoms. The molecule has 2 rings (SSSR count). The average molecular weight is 276 g/mol. The molecule has 0 bridgehead atoms. The van der Waals surface area contributed by atoms with Crippen molar-refractivity contribution in [3.8, 4) is 5.75 Å². The number of benzene rings is 1. The molecule has 20 heavy (non-hydrogen) atoms. The Balaban J connectivity index is 1.99. The van der Waals surface area contributed by atoms with Crippen LogP contribution in [-0.4, -0.2) is 18.2 Å². The molecule has 1 aliphatic carbocycles. The van der Waals surface area contributed by atoms with Crippen LogP contribution >= 0.6 is 0 Å². The van der Waals surface area contributed by atoms with Gasteiger partial charge in [0.15, 0.2) is 0 Å². The number of nitrogens with two attached hydrogens (primary N) is 1. The summed E-state index contributed by atoms with van der Waals surface area (Å²) in [5.74, 6) is 0.995. The molecule has 1 aromatic rings. The third-order valence-corrected chi connectivity index (χ3v) is 4.01. The highest BCUT2D eigenvalue weighted by Crippen LogP contribution is 2.28. The fourth-order valence-corrected chi connectivity index (χ4v) is 2.93. The fraction of sp³-hybridized carbons (Fsp3) is 0.647. The number of ether oxygens (including phenoxy) is 1. The van der Waals surface area contributed by atoms with E-state index in [9.17, 15) is 0 Å². The zero-order chi connectivity index (χ0) is 14.5. The van der Waals surface area contributed by atoms with E-state index in [1.165, 1.54) is 18.4 Å². The van der Waals surface area contributed by atoms with E-state index in [1.807, 2.05) is 6.07 Å². The van der Waals surface area contributed by atoms with Crippen LogP contribution in [0.2, 0.25) is 0 Å². The van der Waals surface area contributed by atoms with Crippen LogP contribution < -0.4 is 15.8 Å². The van der Waals surface area contributed by atoms with Crippen molar-refractivity contribution in [3.05, 3.63) is 29.8 Å². The van der Waals surface area contributed by atoms with Crippen LogP contribution in [0.4, 0.5) is 0 Å². The summed E-state index contributed by atoms with van der Waals surface area (Å²) in [6, 6.07) is 9.63. The molecular weight excluding hydrogens is 248 g/mol. The Hall–Kier alpha value is -1.06. The quantitative estimate of drug-likeness (QED) is 0.866. The summed E-state index contributed by atoms with van der Waals surface area (Å²) >= 11 is 0. The molecule has 112 valence electrons. The van der Waals surface area contributed by atoms with Gasteiger partial charge in [0, 0.05) is 23.7 Å². The molecule has 0 heterocycles. The van der Waals surface area contributed by atoms with Crippen LogP contribution in [0, 0.1) is 0 Å². The number of nitrogens with one attached hydrogen (secondary N) is 1. The highest BCUT2D eigenvalue weighted by Gasteiger charge is 2.21. The minimum Gasteiger partial charge on any atom is -0.491 e. The lowest BCUT2D eigenvalue weighted by Gasteiger charge is -2.30. The molecule has 0 radical (unpaired) electrons. The molecule has 1 aliphatic rings. The molecule has 1 fully saturated rings. The van der Waals surface area contributed by atoms with E-state index in [2.05, 4.69) is 44.3 Å². The highest BCUT2D eigenvalue weighted by molar-refractivity contribution is 5.35. The number of hydrogen-bond acceptors (Lipinski definition) is 3. The molecule has 3 heteroatoms. The van der Waals surface area contributed by atoms with Gasteiger partial charge < -0.3 is 15.8 Å². The Morgan fingerprint density at radius 2 is 1.75 bits per heavy atom. The second-order valence-corrected chi connectivity index (χ2v) is 6.20. The van der Waals surface area contributed by atoms with Crippen molar-refractivity contribution in [1.29, 1.82) is 0 Å². The first-order valence-electron chi connectivity index (χ1n) is 7.83. The summed E-state index contributed by atoms with van der Waals surface area (Å²) in [5.41, 5.74) is 7.22. The van der Waals surface area contributed by atoms with Crippen molar-refractivity contribution in [2.24, 2.45) is 5.73 Å². The van der Waals surface area contributed by atoms with Crippen LogP contribution in [0.1, 0.15) is 58.1 Å². The lowest BCUT2D eigenvalue weighted by molar-refractivity contribution is 0.236. The lowest BCUT2D eigenvalue weighted by atomic mass is 9.91. The van der Waals surface area contributed by atoms with Gasteiger partial charge in [-0.2, -0.15) is 0 Å². The SMILES string of the molecule is CC(C)Oc1ccccc1C(C)NC1CCC(N)CC1. The summed E-state index contributed by atoms with van der Waals surface area (Å²) < 4.78 is 5.91. The first kappa shape index (κ1) is 15.3. The maximum atomic E-state index is 5.97. The Bertz CT molecular complexity index is 411. The zero-order valence-corrected chi connectivity index (χ0v) is 12.9. The van der Waals surface area contributed by atoms with Gasteiger partial charge in [-0.05, 0) is 52.5 Å². The minimum absolute atomic E-state index is 0.205. The molecular formula is C17H28N2O. The van der Waals surface area contributed by atoms with Crippen LogP contribution in [-0.2, 0) is 0 Å². The molecule has 3 nitrogen and oxygen atoms in total. The summed E-state index contributed by atoms with van der Waals surface area (Å²) in [7, 11) is 0. The van der Waals surface area contributed by atoms with Crippen LogP contribution in [0.25, 0.3) is 0 Å². The number of hydrogen-bond donors (Lipinski definition) is 2. The van der Waals surface area contributed by atoms with Crippen molar-refractivity contribution in [2.75, 3.05) is 0 Å². The monoisotopic (exact) mass is 276 g/mol. The average Bonchev–Trinajstić information content (AvgIpc) is 2.41. The summed E-state index contributed by atoms with van der Waals surface area (Å²) in [6.07, 6.45) is 4.83. The molecule has 1 saturated carbocycles. The second-order valence-electron chi connectivity index (χ2n) is 6.20. The van der Waals surface area contributed by atoms with Crippen LogP contribution in [0.5, 0.6) is 5.75 Å². The van der Waals surface area contributed by atoms with Crippen molar-refractivity contribution in [3.63, 3.8) is 0 Å². The molecule has 1 aromatic carbocycles. The van der Waals surface area contributed by atoms with Crippen molar-refractivity contribution in [2.45, 2.75) is 70.7 Å². The molecule has 0 amide bonds. The van der Waals surface area contributed by atoms with Crippen molar-refractivity contribution >= 4 is 0 Å². The third-order valence-electron chi connectivity index (χ3n) is 4.01. The van der Waals surface area contributed by atoms with E-state index in [0.29, 0.717) is 18.1 Å². The Kier molecular flexibility index (Phi) is 5.44. The lowest BCUT2D eigenvalue weighted by Crippen LogP contribution is -2.38. The molecule has 0 saturated heterocycles. The standard InChI is InChI=1S/C17H28N2O/c1-12(2)20-17-7-5-4-6-16(17)13(3)19-15-10-8-14(18)9-11-15/h4-7,12-15,19H,8-11,18H2,1-3H3. The van der Waals surface area contributed by atoms with Gasteiger partial charge in [-0.3, -0.25) is 0 Å². The molecule has 0 aliphatic heterocycles. The molecule has 1 unspecified atom stereocenters. The number of para-hydroxylation sites is 1. The molecule has 3 N–H and O–H groups in total. The van der Waals surface area contributed by atoms with Crippen molar-refractivity contribution < 1.29 is 4.74 Å². The Labute approximate surface area is 122 Å². The van der Waals surface area contributed by atoms with E-state index in [4.69, 9.17) is 10.5 Å². The van der Waals surface area contributed by atoms with Gasteiger partial charge in [0.2, 0.25) is 0 Å². The molecule has 0 aromatic heterocycles. The van der Waals surface area contributed by atoms with E-state index >= 15 is 0 Å². The van der Waals surface area contributed by atoms with E-state index in [0.717, 1.165) is 18.6 Å². The summed E-state index contributed by atoms with van der Waals surface area (Å²) in [4.78, 5) is 0. The summed E-state index contributed by atoms with van der Waals surface area (Å²) in [5, 5.41) is 3.73. The maximum Gasteiger partial charge on any atom is 0.124 e. The smallest absolute Gasteiger partial charge is 0.124 e. The first-order chi connectivity index (χ1) is 9.56. The minimum atomic E-state index is 0.205. The maximum absolute atomic E-state index is 5.97. The van der Waals surface area contributed by atoms with Gasteiger partial charge in [0.25, 0.3) is 0 Å². The van der Waals surface area contributed by atoms with E-state index in [-0.39, 0.29) is 6.10 Å². The number of rotatable bonds is 5. The first-order valence-corrected chi connectivity index (χ1v) is 7.83.